The third kappa shape index (κ3) is 3.96. The third-order valence-corrected chi connectivity index (χ3v) is 5.51. The van der Waals surface area contributed by atoms with Crippen molar-refractivity contribution in [3.63, 3.8) is 0 Å². The number of hydrogen-bond donors (Lipinski definition) is 1. The average Bonchev–Trinajstić information content (AvgIpc) is 2.27. The first-order valence-electron chi connectivity index (χ1n) is 7.01. The van der Waals surface area contributed by atoms with Gasteiger partial charge in [0.25, 0.3) is 0 Å². The lowest BCUT2D eigenvalue weighted by Crippen LogP contribution is -2.40. The molecular formula is C14H27NS. The number of rotatable bonds is 3. The van der Waals surface area contributed by atoms with Crippen molar-refractivity contribution in [2.45, 2.75) is 70.1 Å². The van der Waals surface area contributed by atoms with Gasteiger partial charge in [0.2, 0.25) is 0 Å². The van der Waals surface area contributed by atoms with Crippen LogP contribution in [0.2, 0.25) is 0 Å². The normalized spacial score (nSPS) is 34.9. The van der Waals surface area contributed by atoms with E-state index < -0.39 is 0 Å². The average molecular weight is 241 g/mol. The first-order valence-corrected chi connectivity index (χ1v) is 8.06. The van der Waals surface area contributed by atoms with Crippen LogP contribution in [0.3, 0.4) is 0 Å². The minimum atomic E-state index is 0.579. The SMILES string of the molecule is CC1(C)CCCC(NCC2CCCCS2)C1. The van der Waals surface area contributed by atoms with Crippen LogP contribution in [0.15, 0.2) is 0 Å². The highest BCUT2D eigenvalue weighted by Gasteiger charge is 2.28. The van der Waals surface area contributed by atoms with E-state index >= 15 is 0 Å². The lowest BCUT2D eigenvalue weighted by molar-refractivity contribution is 0.198. The van der Waals surface area contributed by atoms with E-state index in [-0.39, 0.29) is 0 Å². The van der Waals surface area contributed by atoms with E-state index in [4.69, 9.17) is 0 Å². The van der Waals surface area contributed by atoms with Gasteiger partial charge in [-0.25, -0.2) is 0 Å². The summed E-state index contributed by atoms with van der Waals surface area (Å²) in [6, 6.07) is 0.797. The van der Waals surface area contributed by atoms with Gasteiger partial charge in [-0.3, -0.25) is 0 Å². The summed E-state index contributed by atoms with van der Waals surface area (Å²) in [5.74, 6) is 1.39. The van der Waals surface area contributed by atoms with Crippen molar-refractivity contribution >= 4 is 11.8 Å². The summed E-state index contributed by atoms with van der Waals surface area (Å²) in [5, 5.41) is 4.73. The summed E-state index contributed by atoms with van der Waals surface area (Å²) in [4.78, 5) is 0. The zero-order chi connectivity index (χ0) is 11.4. The molecule has 0 aromatic heterocycles. The van der Waals surface area contributed by atoms with E-state index in [1.54, 1.807) is 0 Å². The maximum atomic E-state index is 3.83. The minimum absolute atomic E-state index is 0.579. The molecule has 2 heteroatoms. The molecule has 2 fully saturated rings. The Morgan fingerprint density at radius 3 is 2.75 bits per heavy atom. The standard InChI is InChI=1S/C14H27NS/c1-14(2)8-5-6-12(10-14)15-11-13-7-3-4-9-16-13/h12-13,15H,3-11H2,1-2H3. The summed E-state index contributed by atoms with van der Waals surface area (Å²) < 4.78 is 0. The lowest BCUT2D eigenvalue weighted by atomic mass is 9.75. The minimum Gasteiger partial charge on any atom is -0.313 e. The molecule has 1 aliphatic heterocycles. The molecule has 0 aromatic carbocycles. The van der Waals surface area contributed by atoms with Crippen molar-refractivity contribution in [1.82, 2.24) is 5.32 Å². The molecule has 2 unspecified atom stereocenters. The van der Waals surface area contributed by atoms with E-state index in [1.807, 2.05) is 0 Å². The van der Waals surface area contributed by atoms with Crippen molar-refractivity contribution in [1.29, 1.82) is 0 Å². The summed E-state index contributed by atoms with van der Waals surface area (Å²) in [6.07, 6.45) is 9.96. The maximum Gasteiger partial charge on any atom is 0.0172 e. The van der Waals surface area contributed by atoms with Crippen molar-refractivity contribution in [2.75, 3.05) is 12.3 Å². The fourth-order valence-corrected chi connectivity index (χ4v) is 4.39. The monoisotopic (exact) mass is 241 g/mol. The maximum absolute atomic E-state index is 3.83. The van der Waals surface area contributed by atoms with Crippen LogP contribution < -0.4 is 5.32 Å². The third-order valence-electron chi connectivity index (χ3n) is 4.11. The predicted molar refractivity (Wildman–Crippen MR) is 74.1 cm³/mol. The second-order valence-electron chi connectivity index (χ2n) is 6.35. The lowest BCUT2D eigenvalue weighted by Gasteiger charge is -2.36. The zero-order valence-electron chi connectivity index (χ0n) is 10.9. The van der Waals surface area contributed by atoms with E-state index in [2.05, 4.69) is 30.9 Å². The van der Waals surface area contributed by atoms with Crippen LogP contribution in [-0.2, 0) is 0 Å². The quantitative estimate of drug-likeness (QED) is 0.806. The fourth-order valence-electron chi connectivity index (χ4n) is 3.14. The van der Waals surface area contributed by atoms with Crippen LogP contribution in [0.1, 0.15) is 58.8 Å². The summed E-state index contributed by atoms with van der Waals surface area (Å²) in [6.45, 7) is 6.11. The second kappa shape index (κ2) is 5.77. The molecule has 1 aliphatic carbocycles. The van der Waals surface area contributed by atoms with Gasteiger partial charge in [-0.1, -0.05) is 26.7 Å². The zero-order valence-corrected chi connectivity index (χ0v) is 11.7. The first kappa shape index (κ1) is 12.8. The Hall–Kier alpha value is 0.310. The van der Waals surface area contributed by atoms with E-state index in [0.29, 0.717) is 5.41 Å². The highest BCUT2D eigenvalue weighted by molar-refractivity contribution is 7.99. The molecule has 16 heavy (non-hydrogen) atoms. The molecule has 1 saturated heterocycles. The topological polar surface area (TPSA) is 12.0 Å². The Kier molecular flexibility index (Phi) is 4.60. The van der Waals surface area contributed by atoms with Gasteiger partial charge in [0.15, 0.2) is 0 Å². The Morgan fingerprint density at radius 1 is 1.19 bits per heavy atom. The molecule has 1 heterocycles. The van der Waals surface area contributed by atoms with E-state index in [0.717, 1.165) is 11.3 Å². The summed E-state index contributed by atoms with van der Waals surface area (Å²) in [7, 11) is 0. The fraction of sp³-hybridized carbons (Fsp3) is 1.00. The summed E-state index contributed by atoms with van der Waals surface area (Å²) >= 11 is 2.19. The number of hydrogen-bond acceptors (Lipinski definition) is 2. The van der Waals surface area contributed by atoms with Crippen molar-refractivity contribution in [2.24, 2.45) is 5.41 Å². The molecule has 0 amide bonds. The Bertz CT molecular complexity index is 209. The van der Waals surface area contributed by atoms with Crippen molar-refractivity contribution in [3.05, 3.63) is 0 Å². The Morgan fingerprint density at radius 2 is 2.06 bits per heavy atom. The predicted octanol–water partition coefficient (Wildman–Crippen LogP) is 3.83. The van der Waals surface area contributed by atoms with Gasteiger partial charge in [0, 0.05) is 17.8 Å². The smallest absolute Gasteiger partial charge is 0.0172 e. The van der Waals surface area contributed by atoms with E-state index in [1.165, 1.54) is 57.2 Å². The van der Waals surface area contributed by atoms with Crippen LogP contribution in [0.4, 0.5) is 0 Å². The van der Waals surface area contributed by atoms with Gasteiger partial charge in [0.05, 0.1) is 0 Å². The Balaban J connectivity index is 1.68. The van der Waals surface area contributed by atoms with Gasteiger partial charge in [0.1, 0.15) is 0 Å². The molecule has 0 bridgehead atoms. The summed E-state index contributed by atoms with van der Waals surface area (Å²) in [5.41, 5.74) is 0.579. The molecule has 0 aromatic rings. The highest BCUT2D eigenvalue weighted by Crippen LogP contribution is 2.35. The number of nitrogens with one attached hydrogen (secondary N) is 1. The van der Waals surface area contributed by atoms with Crippen LogP contribution in [0.5, 0.6) is 0 Å². The van der Waals surface area contributed by atoms with Crippen molar-refractivity contribution in [3.8, 4) is 0 Å². The highest BCUT2D eigenvalue weighted by atomic mass is 32.2. The first-order chi connectivity index (χ1) is 7.66. The molecule has 0 spiro atoms. The molecule has 2 aliphatic rings. The van der Waals surface area contributed by atoms with Crippen LogP contribution in [0.25, 0.3) is 0 Å². The molecule has 94 valence electrons. The second-order valence-corrected chi connectivity index (χ2v) is 7.76. The van der Waals surface area contributed by atoms with Gasteiger partial charge >= 0.3 is 0 Å². The molecule has 2 atom stereocenters. The van der Waals surface area contributed by atoms with Gasteiger partial charge in [-0.15, -0.1) is 0 Å². The largest absolute Gasteiger partial charge is 0.313 e. The van der Waals surface area contributed by atoms with Gasteiger partial charge < -0.3 is 5.32 Å². The molecule has 0 radical (unpaired) electrons. The molecule has 1 nitrogen and oxygen atoms in total. The van der Waals surface area contributed by atoms with Gasteiger partial charge in [-0.2, -0.15) is 11.8 Å². The van der Waals surface area contributed by atoms with E-state index in [9.17, 15) is 0 Å². The van der Waals surface area contributed by atoms with Crippen molar-refractivity contribution < 1.29 is 0 Å². The molecule has 1 N–H and O–H groups in total. The van der Waals surface area contributed by atoms with Crippen LogP contribution >= 0.6 is 11.8 Å². The molecule has 2 rings (SSSR count). The van der Waals surface area contributed by atoms with Gasteiger partial charge in [-0.05, 0) is 43.3 Å². The van der Waals surface area contributed by atoms with Crippen LogP contribution in [-0.4, -0.2) is 23.6 Å². The molecule has 1 saturated carbocycles. The number of thioether (sulfide) groups is 1. The Labute approximate surface area is 105 Å². The van der Waals surface area contributed by atoms with Crippen LogP contribution in [0, 0.1) is 5.41 Å². The molecular weight excluding hydrogens is 214 g/mol.